The molecule has 82 valence electrons. The Hall–Kier alpha value is -0.610. The van der Waals surface area contributed by atoms with Gasteiger partial charge in [-0.3, -0.25) is 4.79 Å². The van der Waals surface area contributed by atoms with Crippen LogP contribution in [0.3, 0.4) is 0 Å². The van der Waals surface area contributed by atoms with Crippen LogP contribution in [0.1, 0.15) is 12.8 Å². The van der Waals surface area contributed by atoms with E-state index in [4.69, 9.17) is 0 Å². The van der Waals surface area contributed by atoms with Crippen molar-refractivity contribution in [2.45, 2.75) is 18.9 Å². The maximum absolute atomic E-state index is 11.3. The van der Waals surface area contributed by atoms with Crippen LogP contribution in [0.25, 0.3) is 0 Å². The van der Waals surface area contributed by atoms with Gasteiger partial charge in [0.25, 0.3) is 0 Å². The van der Waals surface area contributed by atoms with Crippen LogP contribution in [0.2, 0.25) is 0 Å². The summed E-state index contributed by atoms with van der Waals surface area (Å²) in [5.74, 6) is 0.220. The second-order valence-electron chi connectivity index (χ2n) is 4.11. The first-order valence-electron chi connectivity index (χ1n) is 5.23. The number of rotatable bonds is 4. The fourth-order valence-electron chi connectivity index (χ4n) is 1.75. The van der Waals surface area contributed by atoms with E-state index in [-0.39, 0.29) is 5.91 Å². The van der Waals surface area contributed by atoms with Crippen molar-refractivity contribution in [3.8, 4) is 0 Å². The Morgan fingerprint density at radius 1 is 1.57 bits per heavy atom. The van der Waals surface area contributed by atoms with Gasteiger partial charge in [0, 0.05) is 39.6 Å². The minimum atomic E-state index is 0.220. The van der Waals surface area contributed by atoms with E-state index in [9.17, 15) is 4.79 Å². The zero-order valence-electron chi connectivity index (χ0n) is 9.42. The van der Waals surface area contributed by atoms with Crippen LogP contribution in [0, 0.1) is 0 Å². The molecular weight excluding hydrogens is 178 g/mol. The molecule has 1 aliphatic heterocycles. The minimum absolute atomic E-state index is 0.220. The van der Waals surface area contributed by atoms with E-state index in [1.54, 1.807) is 4.90 Å². The molecule has 4 heteroatoms. The fraction of sp³-hybridized carbons (Fsp3) is 0.900. The summed E-state index contributed by atoms with van der Waals surface area (Å²) in [5, 5.41) is 3.27. The number of nitrogens with one attached hydrogen (secondary N) is 1. The van der Waals surface area contributed by atoms with Crippen LogP contribution in [0.5, 0.6) is 0 Å². The lowest BCUT2D eigenvalue weighted by Crippen LogP contribution is -2.32. The lowest BCUT2D eigenvalue weighted by Gasteiger charge is -2.17. The summed E-state index contributed by atoms with van der Waals surface area (Å²) >= 11 is 0. The summed E-state index contributed by atoms with van der Waals surface area (Å²) in [7, 11) is 5.62. The quantitative estimate of drug-likeness (QED) is 0.678. The van der Waals surface area contributed by atoms with E-state index in [1.165, 1.54) is 6.42 Å². The van der Waals surface area contributed by atoms with Gasteiger partial charge in [-0.1, -0.05) is 0 Å². The summed E-state index contributed by atoms with van der Waals surface area (Å²) in [6.45, 7) is 3.10. The van der Waals surface area contributed by atoms with Gasteiger partial charge in [0.1, 0.15) is 0 Å². The first kappa shape index (κ1) is 11.5. The fourth-order valence-corrected chi connectivity index (χ4v) is 1.75. The number of amides is 1. The minimum Gasteiger partial charge on any atom is -0.349 e. The molecule has 0 aromatic heterocycles. The standard InChI is InChI=1S/C10H21N3O/c1-11-9-4-6-13(8-9)7-5-10(14)12(2)3/h9,11H,4-8H2,1-3H3. The second-order valence-corrected chi connectivity index (χ2v) is 4.11. The summed E-state index contributed by atoms with van der Waals surface area (Å²) in [4.78, 5) is 15.3. The Balaban J connectivity index is 2.17. The van der Waals surface area contributed by atoms with Gasteiger partial charge >= 0.3 is 0 Å². The third-order valence-corrected chi connectivity index (χ3v) is 2.82. The van der Waals surface area contributed by atoms with Crippen molar-refractivity contribution in [3.05, 3.63) is 0 Å². The lowest BCUT2D eigenvalue weighted by atomic mass is 10.3. The molecule has 0 saturated carbocycles. The summed E-state index contributed by atoms with van der Waals surface area (Å²) in [6.07, 6.45) is 1.84. The molecule has 1 N–H and O–H groups in total. The summed E-state index contributed by atoms with van der Waals surface area (Å²) in [5.41, 5.74) is 0. The first-order valence-corrected chi connectivity index (χ1v) is 5.23. The van der Waals surface area contributed by atoms with E-state index in [0.717, 1.165) is 19.6 Å². The van der Waals surface area contributed by atoms with E-state index in [2.05, 4.69) is 10.2 Å². The van der Waals surface area contributed by atoms with Gasteiger partial charge in [0.15, 0.2) is 0 Å². The van der Waals surface area contributed by atoms with Crippen LogP contribution in [0.4, 0.5) is 0 Å². The largest absolute Gasteiger partial charge is 0.349 e. The molecule has 1 saturated heterocycles. The normalized spacial score (nSPS) is 22.6. The van der Waals surface area contributed by atoms with Crippen molar-refractivity contribution in [3.63, 3.8) is 0 Å². The van der Waals surface area contributed by atoms with Crippen LogP contribution in [0.15, 0.2) is 0 Å². The molecule has 14 heavy (non-hydrogen) atoms. The molecule has 1 aliphatic rings. The van der Waals surface area contributed by atoms with Crippen molar-refractivity contribution < 1.29 is 4.79 Å². The van der Waals surface area contributed by atoms with Gasteiger partial charge in [0.05, 0.1) is 0 Å². The van der Waals surface area contributed by atoms with E-state index < -0.39 is 0 Å². The Bertz CT molecular complexity index is 194. The maximum atomic E-state index is 11.3. The SMILES string of the molecule is CNC1CCN(CCC(=O)N(C)C)C1. The summed E-state index contributed by atoms with van der Waals surface area (Å²) in [6, 6.07) is 0.615. The third kappa shape index (κ3) is 3.27. The molecule has 0 aliphatic carbocycles. The highest BCUT2D eigenvalue weighted by Crippen LogP contribution is 2.08. The molecular formula is C10H21N3O. The van der Waals surface area contributed by atoms with E-state index in [0.29, 0.717) is 12.5 Å². The average Bonchev–Trinajstić information content (AvgIpc) is 2.61. The Kier molecular flexibility index (Phi) is 4.35. The van der Waals surface area contributed by atoms with Crippen molar-refractivity contribution in [2.75, 3.05) is 40.8 Å². The van der Waals surface area contributed by atoms with Gasteiger partial charge in [-0.15, -0.1) is 0 Å². The molecule has 0 aromatic carbocycles. The highest BCUT2D eigenvalue weighted by Gasteiger charge is 2.21. The number of likely N-dealkylation sites (tertiary alicyclic amines) is 1. The van der Waals surface area contributed by atoms with Crippen LogP contribution < -0.4 is 5.32 Å². The van der Waals surface area contributed by atoms with Gasteiger partial charge < -0.3 is 15.1 Å². The topological polar surface area (TPSA) is 35.6 Å². The second kappa shape index (κ2) is 5.32. The molecule has 1 rings (SSSR count). The maximum Gasteiger partial charge on any atom is 0.223 e. The molecule has 1 heterocycles. The molecule has 1 fully saturated rings. The number of hydrogen-bond acceptors (Lipinski definition) is 3. The Morgan fingerprint density at radius 2 is 2.29 bits per heavy atom. The van der Waals surface area contributed by atoms with E-state index in [1.807, 2.05) is 21.1 Å². The van der Waals surface area contributed by atoms with Crippen molar-refractivity contribution in [1.82, 2.24) is 15.1 Å². The predicted molar refractivity (Wildman–Crippen MR) is 57.2 cm³/mol. The Morgan fingerprint density at radius 3 is 2.79 bits per heavy atom. The lowest BCUT2D eigenvalue weighted by molar-refractivity contribution is -0.128. The van der Waals surface area contributed by atoms with Gasteiger partial charge in [0.2, 0.25) is 5.91 Å². The highest BCUT2D eigenvalue weighted by molar-refractivity contribution is 5.75. The Labute approximate surface area is 86.2 Å². The van der Waals surface area contributed by atoms with Crippen molar-refractivity contribution in [1.29, 1.82) is 0 Å². The van der Waals surface area contributed by atoms with Crippen molar-refractivity contribution in [2.24, 2.45) is 0 Å². The van der Waals surface area contributed by atoms with Crippen LogP contribution >= 0.6 is 0 Å². The third-order valence-electron chi connectivity index (χ3n) is 2.82. The zero-order valence-corrected chi connectivity index (χ0v) is 9.42. The molecule has 0 spiro atoms. The van der Waals surface area contributed by atoms with Gasteiger partial charge in [-0.2, -0.15) is 0 Å². The molecule has 0 aromatic rings. The molecule has 4 nitrogen and oxygen atoms in total. The van der Waals surface area contributed by atoms with E-state index >= 15 is 0 Å². The number of hydrogen-bond donors (Lipinski definition) is 1. The number of likely N-dealkylation sites (N-methyl/N-ethyl adjacent to an activating group) is 1. The number of carbonyl (C=O) groups is 1. The molecule has 1 unspecified atom stereocenters. The number of carbonyl (C=O) groups excluding carboxylic acids is 1. The van der Waals surface area contributed by atoms with Gasteiger partial charge in [-0.25, -0.2) is 0 Å². The highest BCUT2D eigenvalue weighted by atomic mass is 16.2. The molecule has 1 amide bonds. The van der Waals surface area contributed by atoms with Crippen LogP contribution in [-0.4, -0.2) is 62.5 Å². The molecule has 0 radical (unpaired) electrons. The zero-order chi connectivity index (χ0) is 10.6. The van der Waals surface area contributed by atoms with Crippen LogP contribution in [-0.2, 0) is 4.79 Å². The first-order chi connectivity index (χ1) is 6.63. The predicted octanol–water partition coefficient (Wildman–Crippen LogP) is -0.242. The van der Waals surface area contributed by atoms with Crippen molar-refractivity contribution >= 4 is 5.91 Å². The molecule has 0 bridgehead atoms. The van der Waals surface area contributed by atoms with Gasteiger partial charge in [-0.05, 0) is 20.0 Å². The molecule has 1 atom stereocenters. The number of nitrogens with zero attached hydrogens (tertiary/aromatic N) is 2. The monoisotopic (exact) mass is 199 g/mol. The smallest absolute Gasteiger partial charge is 0.223 e. The summed E-state index contributed by atoms with van der Waals surface area (Å²) < 4.78 is 0. The average molecular weight is 199 g/mol.